The first-order chi connectivity index (χ1) is 8.06. The Hall–Kier alpha value is -1.14. The smallest absolute Gasteiger partial charge is 0.240 e. The number of nitrogens with zero attached hydrogens (tertiary/aromatic N) is 1. The van der Waals surface area contributed by atoms with E-state index in [-0.39, 0.29) is 31.6 Å². The van der Waals surface area contributed by atoms with E-state index in [1.807, 2.05) is 0 Å². The van der Waals surface area contributed by atoms with E-state index in [1.165, 1.54) is 4.90 Å². The van der Waals surface area contributed by atoms with Gasteiger partial charge in [0.05, 0.1) is 25.3 Å². The second-order valence-electron chi connectivity index (χ2n) is 4.42. The van der Waals surface area contributed by atoms with Crippen molar-refractivity contribution in [3.63, 3.8) is 0 Å². The standard InChI is InChI=1S/C11H20N2O4/c1-2-11(7-14,8-15)12-9(16)6-13-5-3-4-10(13)17/h14-15H,2-8H2,1H3,(H,12,16). The zero-order valence-corrected chi connectivity index (χ0v) is 10.1. The molecule has 0 aromatic carbocycles. The zero-order valence-electron chi connectivity index (χ0n) is 10.1. The van der Waals surface area contributed by atoms with E-state index in [2.05, 4.69) is 5.32 Å². The molecule has 3 N–H and O–H groups in total. The fourth-order valence-corrected chi connectivity index (χ4v) is 1.82. The highest BCUT2D eigenvalue weighted by Crippen LogP contribution is 2.11. The summed E-state index contributed by atoms with van der Waals surface area (Å²) in [4.78, 5) is 24.5. The van der Waals surface area contributed by atoms with Gasteiger partial charge < -0.3 is 20.4 Å². The van der Waals surface area contributed by atoms with Crippen molar-refractivity contribution in [3.8, 4) is 0 Å². The molecule has 1 fully saturated rings. The molecule has 98 valence electrons. The van der Waals surface area contributed by atoms with Crippen LogP contribution in [-0.2, 0) is 9.59 Å². The van der Waals surface area contributed by atoms with Crippen LogP contribution >= 0.6 is 0 Å². The fraction of sp³-hybridized carbons (Fsp3) is 0.818. The Morgan fingerprint density at radius 3 is 2.53 bits per heavy atom. The second-order valence-corrected chi connectivity index (χ2v) is 4.42. The monoisotopic (exact) mass is 244 g/mol. The maximum atomic E-state index is 11.7. The lowest BCUT2D eigenvalue weighted by molar-refractivity contribution is -0.134. The maximum absolute atomic E-state index is 11.7. The lowest BCUT2D eigenvalue weighted by atomic mass is 9.98. The summed E-state index contributed by atoms with van der Waals surface area (Å²) in [5.74, 6) is -0.361. The van der Waals surface area contributed by atoms with Crippen LogP contribution in [0.5, 0.6) is 0 Å². The molecule has 6 heteroatoms. The van der Waals surface area contributed by atoms with Gasteiger partial charge in [-0.15, -0.1) is 0 Å². The van der Waals surface area contributed by atoms with E-state index >= 15 is 0 Å². The molecule has 0 spiro atoms. The molecule has 17 heavy (non-hydrogen) atoms. The molecule has 0 aromatic rings. The van der Waals surface area contributed by atoms with Gasteiger partial charge in [-0.1, -0.05) is 6.92 Å². The van der Waals surface area contributed by atoms with Crippen LogP contribution in [0.3, 0.4) is 0 Å². The van der Waals surface area contributed by atoms with E-state index < -0.39 is 5.54 Å². The van der Waals surface area contributed by atoms with Crippen molar-refractivity contribution < 1.29 is 19.8 Å². The quantitative estimate of drug-likeness (QED) is 0.551. The van der Waals surface area contributed by atoms with Gasteiger partial charge in [0.2, 0.25) is 11.8 Å². The van der Waals surface area contributed by atoms with Crippen molar-refractivity contribution in [3.05, 3.63) is 0 Å². The van der Waals surface area contributed by atoms with Gasteiger partial charge in [0, 0.05) is 13.0 Å². The van der Waals surface area contributed by atoms with Crippen LogP contribution in [-0.4, -0.2) is 58.8 Å². The van der Waals surface area contributed by atoms with E-state index in [9.17, 15) is 19.8 Å². The van der Waals surface area contributed by atoms with Crippen LogP contribution in [0.25, 0.3) is 0 Å². The Morgan fingerprint density at radius 2 is 2.12 bits per heavy atom. The number of carbonyl (C=O) groups excluding carboxylic acids is 2. The van der Waals surface area contributed by atoms with E-state index in [0.29, 0.717) is 19.4 Å². The average molecular weight is 244 g/mol. The summed E-state index contributed by atoms with van der Waals surface area (Å²) < 4.78 is 0. The molecular formula is C11H20N2O4. The maximum Gasteiger partial charge on any atom is 0.240 e. The van der Waals surface area contributed by atoms with Crippen LogP contribution < -0.4 is 5.32 Å². The average Bonchev–Trinajstić information content (AvgIpc) is 2.72. The molecule has 0 aromatic heterocycles. The number of aliphatic hydroxyl groups excluding tert-OH is 2. The Morgan fingerprint density at radius 1 is 1.47 bits per heavy atom. The highest BCUT2D eigenvalue weighted by molar-refractivity contribution is 5.86. The molecule has 1 heterocycles. The van der Waals surface area contributed by atoms with Gasteiger partial charge in [-0.05, 0) is 12.8 Å². The topological polar surface area (TPSA) is 89.9 Å². The highest BCUT2D eigenvalue weighted by atomic mass is 16.3. The molecule has 0 aliphatic carbocycles. The van der Waals surface area contributed by atoms with Crippen molar-refractivity contribution >= 4 is 11.8 Å². The third-order valence-corrected chi connectivity index (χ3v) is 3.19. The van der Waals surface area contributed by atoms with Gasteiger partial charge in [0.25, 0.3) is 0 Å². The highest BCUT2D eigenvalue weighted by Gasteiger charge is 2.30. The van der Waals surface area contributed by atoms with Crippen molar-refractivity contribution in [1.82, 2.24) is 10.2 Å². The van der Waals surface area contributed by atoms with Crippen molar-refractivity contribution in [2.75, 3.05) is 26.3 Å². The summed E-state index contributed by atoms with van der Waals surface area (Å²) in [6, 6.07) is 0. The normalized spacial score (nSPS) is 16.4. The number of aliphatic hydroxyl groups is 2. The summed E-state index contributed by atoms with van der Waals surface area (Å²) in [6.07, 6.45) is 1.71. The Bertz CT molecular complexity index is 281. The van der Waals surface area contributed by atoms with Gasteiger partial charge in [-0.3, -0.25) is 9.59 Å². The molecule has 0 bridgehead atoms. The molecule has 1 saturated heterocycles. The first-order valence-corrected chi connectivity index (χ1v) is 5.87. The van der Waals surface area contributed by atoms with Gasteiger partial charge in [-0.2, -0.15) is 0 Å². The lowest BCUT2D eigenvalue weighted by Gasteiger charge is -2.30. The molecule has 1 rings (SSSR count). The lowest BCUT2D eigenvalue weighted by Crippen LogP contribution is -2.56. The zero-order chi connectivity index (χ0) is 12.9. The SMILES string of the molecule is CCC(CO)(CO)NC(=O)CN1CCCC1=O. The molecule has 0 radical (unpaired) electrons. The Kier molecular flexibility index (Phi) is 4.89. The summed E-state index contributed by atoms with van der Waals surface area (Å²) >= 11 is 0. The number of hydrogen-bond acceptors (Lipinski definition) is 4. The van der Waals surface area contributed by atoms with Gasteiger partial charge in [0.1, 0.15) is 0 Å². The predicted molar refractivity (Wildman–Crippen MR) is 61.2 cm³/mol. The van der Waals surface area contributed by atoms with Crippen LogP contribution in [0.2, 0.25) is 0 Å². The largest absolute Gasteiger partial charge is 0.394 e. The number of carbonyl (C=O) groups is 2. The Labute approximate surface area is 101 Å². The van der Waals surface area contributed by atoms with Crippen LogP contribution in [0.4, 0.5) is 0 Å². The number of hydrogen-bond donors (Lipinski definition) is 3. The minimum atomic E-state index is -0.986. The summed E-state index contributed by atoms with van der Waals surface area (Å²) in [6.45, 7) is 1.73. The fourth-order valence-electron chi connectivity index (χ4n) is 1.82. The van der Waals surface area contributed by atoms with Crippen LogP contribution in [0.15, 0.2) is 0 Å². The number of amides is 2. The molecule has 0 unspecified atom stereocenters. The van der Waals surface area contributed by atoms with Gasteiger partial charge in [0.15, 0.2) is 0 Å². The molecule has 6 nitrogen and oxygen atoms in total. The third kappa shape index (κ3) is 3.41. The number of rotatable bonds is 6. The molecule has 1 aliphatic heterocycles. The van der Waals surface area contributed by atoms with Crippen molar-refractivity contribution in [2.24, 2.45) is 0 Å². The van der Waals surface area contributed by atoms with E-state index in [4.69, 9.17) is 0 Å². The Balaban J connectivity index is 2.50. The molecule has 0 saturated carbocycles. The van der Waals surface area contributed by atoms with Crippen molar-refractivity contribution in [2.45, 2.75) is 31.7 Å². The van der Waals surface area contributed by atoms with Gasteiger partial charge in [-0.25, -0.2) is 0 Å². The predicted octanol–water partition coefficient (Wildman–Crippen LogP) is -1.14. The molecule has 2 amide bonds. The van der Waals surface area contributed by atoms with E-state index in [0.717, 1.165) is 6.42 Å². The van der Waals surface area contributed by atoms with Crippen LogP contribution in [0.1, 0.15) is 26.2 Å². The number of likely N-dealkylation sites (tertiary alicyclic amines) is 1. The first kappa shape index (κ1) is 13.9. The minimum Gasteiger partial charge on any atom is -0.394 e. The minimum absolute atomic E-state index is 0.000579. The summed E-state index contributed by atoms with van der Waals surface area (Å²) in [5.41, 5.74) is -0.986. The summed E-state index contributed by atoms with van der Waals surface area (Å²) in [5, 5.41) is 21.0. The van der Waals surface area contributed by atoms with Gasteiger partial charge >= 0.3 is 0 Å². The number of nitrogens with one attached hydrogen (secondary N) is 1. The molecule has 1 aliphatic rings. The molecular weight excluding hydrogens is 224 g/mol. The molecule has 0 atom stereocenters. The second kappa shape index (κ2) is 5.97. The van der Waals surface area contributed by atoms with Crippen LogP contribution in [0, 0.1) is 0 Å². The summed E-state index contributed by atoms with van der Waals surface area (Å²) in [7, 11) is 0. The van der Waals surface area contributed by atoms with E-state index in [1.54, 1.807) is 6.92 Å². The third-order valence-electron chi connectivity index (χ3n) is 3.19. The first-order valence-electron chi connectivity index (χ1n) is 5.87. The van der Waals surface area contributed by atoms with Crippen molar-refractivity contribution in [1.29, 1.82) is 0 Å².